The van der Waals surface area contributed by atoms with E-state index >= 15 is 0 Å². The Kier molecular flexibility index (Phi) is 5.72. The maximum Gasteiger partial charge on any atom is 0.211 e. The van der Waals surface area contributed by atoms with Crippen molar-refractivity contribution in [2.24, 2.45) is 11.7 Å². The monoisotopic (exact) mass is 315 g/mol. The highest BCUT2D eigenvalue weighted by atomic mass is 32.2. The summed E-state index contributed by atoms with van der Waals surface area (Å²) in [6.07, 6.45) is 8.12. The van der Waals surface area contributed by atoms with Crippen molar-refractivity contribution in [3.05, 3.63) is 11.9 Å². The minimum Gasteiger partial charge on any atom is -0.330 e. The molecule has 1 saturated heterocycles. The lowest BCUT2D eigenvalue weighted by molar-refractivity contribution is 0.239. The summed E-state index contributed by atoms with van der Waals surface area (Å²) in [5.74, 6) is 0.312. The van der Waals surface area contributed by atoms with E-state index in [4.69, 9.17) is 5.73 Å². The Balaban J connectivity index is 1.86. The molecule has 0 spiro atoms. The van der Waals surface area contributed by atoms with Crippen LogP contribution in [0.5, 0.6) is 0 Å². The summed E-state index contributed by atoms with van der Waals surface area (Å²) in [7, 11) is -3.08. The van der Waals surface area contributed by atoms with E-state index in [0.717, 1.165) is 44.3 Å². The molecule has 0 amide bonds. The maximum absolute atomic E-state index is 11.6. The van der Waals surface area contributed by atoms with Gasteiger partial charge in [0.1, 0.15) is 0 Å². The fourth-order valence-corrected chi connectivity index (χ4v) is 3.68. The van der Waals surface area contributed by atoms with Gasteiger partial charge in [-0.1, -0.05) is 5.21 Å². The van der Waals surface area contributed by atoms with Crippen molar-refractivity contribution in [3.8, 4) is 0 Å². The van der Waals surface area contributed by atoms with Crippen molar-refractivity contribution in [2.75, 3.05) is 25.9 Å². The topological polar surface area (TPSA) is 94.1 Å². The van der Waals surface area contributed by atoms with Gasteiger partial charge in [-0.3, -0.25) is 4.68 Å². The van der Waals surface area contributed by atoms with Gasteiger partial charge in [0, 0.05) is 25.8 Å². The fourth-order valence-electron chi connectivity index (χ4n) is 2.73. The maximum atomic E-state index is 11.6. The summed E-state index contributed by atoms with van der Waals surface area (Å²) in [5.41, 5.74) is 6.46. The third-order valence-electron chi connectivity index (χ3n) is 3.87. The van der Waals surface area contributed by atoms with Gasteiger partial charge >= 0.3 is 0 Å². The van der Waals surface area contributed by atoms with Gasteiger partial charge in [0.2, 0.25) is 10.0 Å². The van der Waals surface area contributed by atoms with Gasteiger partial charge in [0.15, 0.2) is 0 Å². The quantitative estimate of drug-likeness (QED) is 0.727. The molecule has 0 aromatic carbocycles. The standard InChI is InChI=1S/C13H25N5O2S/c1-21(19,20)18-8-4-5-12(10-18)9-17-11-13(15-16-17)6-2-3-7-14/h11-12H,2-10,14H2,1H3. The molecule has 1 fully saturated rings. The molecule has 1 unspecified atom stereocenters. The van der Waals surface area contributed by atoms with Crippen molar-refractivity contribution in [3.63, 3.8) is 0 Å². The molecule has 2 rings (SSSR count). The number of sulfonamides is 1. The average Bonchev–Trinajstić information content (AvgIpc) is 2.86. The molecule has 0 bridgehead atoms. The second-order valence-electron chi connectivity index (χ2n) is 5.81. The Labute approximate surface area is 126 Å². The van der Waals surface area contributed by atoms with Crippen LogP contribution in [-0.4, -0.2) is 53.6 Å². The zero-order valence-corrected chi connectivity index (χ0v) is 13.4. The van der Waals surface area contributed by atoms with E-state index in [1.807, 2.05) is 10.9 Å². The summed E-state index contributed by atoms with van der Waals surface area (Å²) >= 11 is 0. The molecule has 0 aliphatic carbocycles. The Morgan fingerprint density at radius 3 is 2.95 bits per heavy atom. The van der Waals surface area contributed by atoms with E-state index < -0.39 is 10.0 Å². The zero-order valence-electron chi connectivity index (χ0n) is 12.6. The first kappa shape index (κ1) is 16.4. The summed E-state index contributed by atoms with van der Waals surface area (Å²) in [6.45, 7) is 2.66. The molecule has 2 N–H and O–H groups in total. The lowest BCUT2D eigenvalue weighted by atomic mass is 10.00. The highest BCUT2D eigenvalue weighted by Crippen LogP contribution is 2.20. The van der Waals surface area contributed by atoms with E-state index in [1.54, 1.807) is 4.31 Å². The number of unbranched alkanes of at least 4 members (excludes halogenated alkanes) is 1. The number of aromatic nitrogens is 3. The lowest BCUT2D eigenvalue weighted by Gasteiger charge is -2.30. The van der Waals surface area contributed by atoms with Crippen LogP contribution in [0.15, 0.2) is 6.20 Å². The third kappa shape index (κ3) is 5.05. The average molecular weight is 315 g/mol. The molecular weight excluding hydrogens is 290 g/mol. The molecule has 21 heavy (non-hydrogen) atoms. The number of aryl methyl sites for hydroxylation is 1. The number of hydrogen-bond acceptors (Lipinski definition) is 5. The Hall–Kier alpha value is -0.990. The molecular formula is C13H25N5O2S. The molecule has 1 aromatic rings. The van der Waals surface area contributed by atoms with Gasteiger partial charge in [-0.15, -0.1) is 5.10 Å². The Morgan fingerprint density at radius 1 is 1.43 bits per heavy atom. The first-order chi connectivity index (χ1) is 9.99. The van der Waals surface area contributed by atoms with Crippen molar-refractivity contribution < 1.29 is 8.42 Å². The number of rotatable bonds is 7. The van der Waals surface area contributed by atoms with Crippen LogP contribution in [0.4, 0.5) is 0 Å². The van der Waals surface area contributed by atoms with Gasteiger partial charge in [-0.05, 0) is 44.6 Å². The van der Waals surface area contributed by atoms with Crippen molar-refractivity contribution in [2.45, 2.75) is 38.6 Å². The summed E-state index contributed by atoms with van der Waals surface area (Å²) in [5, 5.41) is 8.31. The molecule has 2 heterocycles. The van der Waals surface area contributed by atoms with Crippen LogP contribution < -0.4 is 5.73 Å². The van der Waals surface area contributed by atoms with Crippen LogP contribution >= 0.6 is 0 Å². The second-order valence-corrected chi connectivity index (χ2v) is 7.79. The van der Waals surface area contributed by atoms with Crippen LogP contribution in [0.3, 0.4) is 0 Å². The summed E-state index contributed by atoms with van der Waals surface area (Å²) < 4.78 is 26.6. The van der Waals surface area contributed by atoms with Crippen molar-refractivity contribution in [1.29, 1.82) is 0 Å². The van der Waals surface area contributed by atoms with Crippen LogP contribution in [-0.2, 0) is 23.0 Å². The molecule has 8 heteroatoms. The first-order valence-corrected chi connectivity index (χ1v) is 9.38. The molecule has 1 aliphatic heterocycles. The number of nitrogens with zero attached hydrogens (tertiary/aromatic N) is 4. The van der Waals surface area contributed by atoms with Crippen molar-refractivity contribution >= 4 is 10.0 Å². The van der Waals surface area contributed by atoms with Gasteiger partial charge in [0.05, 0.1) is 11.9 Å². The van der Waals surface area contributed by atoms with E-state index in [-0.39, 0.29) is 0 Å². The molecule has 1 aliphatic rings. The van der Waals surface area contributed by atoms with E-state index in [1.165, 1.54) is 6.26 Å². The predicted molar refractivity (Wildman–Crippen MR) is 81.2 cm³/mol. The predicted octanol–water partition coefficient (Wildman–Crippen LogP) is 0.231. The number of piperidine rings is 1. The van der Waals surface area contributed by atoms with Gasteiger partial charge < -0.3 is 5.73 Å². The largest absolute Gasteiger partial charge is 0.330 e. The summed E-state index contributed by atoms with van der Waals surface area (Å²) in [4.78, 5) is 0. The van der Waals surface area contributed by atoms with Crippen LogP contribution in [0.2, 0.25) is 0 Å². The van der Waals surface area contributed by atoms with E-state index in [0.29, 0.717) is 25.6 Å². The second kappa shape index (κ2) is 7.33. The minimum atomic E-state index is -3.08. The van der Waals surface area contributed by atoms with Crippen LogP contribution in [0.25, 0.3) is 0 Å². The molecule has 0 radical (unpaired) electrons. The van der Waals surface area contributed by atoms with E-state index in [9.17, 15) is 8.42 Å². The van der Waals surface area contributed by atoms with Crippen LogP contribution in [0.1, 0.15) is 31.4 Å². The van der Waals surface area contributed by atoms with E-state index in [2.05, 4.69) is 10.3 Å². The van der Waals surface area contributed by atoms with Crippen LogP contribution in [0, 0.1) is 5.92 Å². The Bertz CT molecular complexity index is 543. The number of nitrogens with two attached hydrogens (primary N) is 1. The molecule has 1 atom stereocenters. The Morgan fingerprint density at radius 2 is 2.24 bits per heavy atom. The zero-order chi connectivity index (χ0) is 15.3. The number of hydrogen-bond donors (Lipinski definition) is 1. The SMILES string of the molecule is CS(=O)(=O)N1CCCC(Cn2cc(CCCCN)nn2)C1. The van der Waals surface area contributed by atoms with Gasteiger partial charge in [0.25, 0.3) is 0 Å². The fraction of sp³-hybridized carbons (Fsp3) is 0.846. The third-order valence-corrected chi connectivity index (χ3v) is 5.14. The molecule has 0 saturated carbocycles. The van der Waals surface area contributed by atoms with Gasteiger partial charge in [-0.25, -0.2) is 12.7 Å². The first-order valence-electron chi connectivity index (χ1n) is 7.53. The highest BCUT2D eigenvalue weighted by Gasteiger charge is 2.26. The molecule has 120 valence electrons. The normalized spacial score (nSPS) is 20.8. The summed E-state index contributed by atoms with van der Waals surface area (Å²) in [6, 6.07) is 0. The van der Waals surface area contributed by atoms with Crippen molar-refractivity contribution in [1.82, 2.24) is 19.3 Å². The lowest BCUT2D eigenvalue weighted by Crippen LogP contribution is -2.40. The smallest absolute Gasteiger partial charge is 0.211 e. The molecule has 1 aromatic heterocycles. The highest BCUT2D eigenvalue weighted by molar-refractivity contribution is 7.88. The van der Waals surface area contributed by atoms with Gasteiger partial charge in [-0.2, -0.15) is 0 Å². The molecule has 7 nitrogen and oxygen atoms in total. The minimum absolute atomic E-state index is 0.312.